The van der Waals surface area contributed by atoms with Gasteiger partial charge < -0.3 is 0 Å². The van der Waals surface area contributed by atoms with E-state index in [1.54, 1.807) is 11.3 Å². The summed E-state index contributed by atoms with van der Waals surface area (Å²) in [5.41, 5.74) is 3.68. The van der Waals surface area contributed by atoms with Crippen LogP contribution in [0.1, 0.15) is 11.3 Å². The molecule has 16 heavy (non-hydrogen) atoms. The molecule has 0 aliphatic heterocycles. The van der Waals surface area contributed by atoms with Crippen molar-refractivity contribution in [2.45, 2.75) is 13.3 Å². The molecule has 0 spiro atoms. The Morgan fingerprint density at radius 2 is 2.31 bits per heavy atom. The van der Waals surface area contributed by atoms with Gasteiger partial charge in [0, 0.05) is 6.20 Å². The van der Waals surface area contributed by atoms with E-state index in [2.05, 4.69) is 46.4 Å². The lowest BCUT2D eigenvalue weighted by atomic mass is 10.2. The van der Waals surface area contributed by atoms with Crippen LogP contribution in [0.3, 0.4) is 0 Å². The summed E-state index contributed by atoms with van der Waals surface area (Å²) in [6.45, 7) is 2.03. The van der Waals surface area contributed by atoms with Crippen LogP contribution in [0.4, 0.5) is 0 Å². The molecule has 0 radical (unpaired) electrons. The number of hydrogen-bond donors (Lipinski definition) is 1. The van der Waals surface area contributed by atoms with Crippen molar-refractivity contribution >= 4 is 39.1 Å². The molecule has 0 atom stereocenters. The fourth-order valence-electron chi connectivity index (χ4n) is 1.94. The standard InChI is InChI=1S/C12H12N2S2/c1-8-7-14-10-3-2-9(4-5-15)6-11(10)16-12(14)13-8/h2-3,6-7,15H,4-5H2,1H3. The van der Waals surface area contributed by atoms with Gasteiger partial charge in [0.15, 0.2) is 4.96 Å². The topological polar surface area (TPSA) is 17.3 Å². The van der Waals surface area contributed by atoms with Crippen LogP contribution in [-0.4, -0.2) is 15.1 Å². The monoisotopic (exact) mass is 248 g/mol. The van der Waals surface area contributed by atoms with E-state index in [-0.39, 0.29) is 0 Å². The van der Waals surface area contributed by atoms with Crippen LogP contribution in [0, 0.1) is 6.92 Å². The molecule has 2 heterocycles. The molecule has 1 aromatic carbocycles. The Morgan fingerprint density at radius 3 is 3.12 bits per heavy atom. The normalized spacial score (nSPS) is 11.6. The smallest absolute Gasteiger partial charge is 0.194 e. The van der Waals surface area contributed by atoms with Gasteiger partial charge in [-0.25, -0.2) is 4.98 Å². The summed E-state index contributed by atoms with van der Waals surface area (Å²) in [6, 6.07) is 6.61. The number of benzene rings is 1. The van der Waals surface area contributed by atoms with Crippen LogP contribution in [0.5, 0.6) is 0 Å². The SMILES string of the molecule is Cc1cn2c(n1)sc1cc(CCS)ccc12. The molecule has 0 N–H and O–H groups in total. The molecule has 0 fully saturated rings. The second-order valence-corrected chi connectivity index (χ2v) is 5.37. The third-order valence-corrected chi connectivity index (χ3v) is 3.92. The molecule has 0 saturated heterocycles. The van der Waals surface area contributed by atoms with Crippen LogP contribution in [0.2, 0.25) is 0 Å². The van der Waals surface area contributed by atoms with Gasteiger partial charge >= 0.3 is 0 Å². The van der Waals surface area contributed by atoms with Gasteiger partial charge in [0.05, 0.1) is 15.9 Å². The molecule has 2 nitrogen and oxygen atoms in total. The van der Waals surface area contributed by atoms with Crippen molar-refractivity contribution in [2.75, 3.05) is 5.75 Å². The van der Waals surface area contributed by atoms with E-state index in [0.29, 0.717) is 0 Å². The Labute approximate surface area is 103 Å². The molecule has 4 heteroatoms. The Morgan fingerprint density at radius 1 is 1.44 bits per heavy atom. The van der Waals surface area contributed by atoms with Gasteiger partial charge in [-0.3, -0.25) is 4.40 Å². The zero-order chi connectivity index (χ0) is 11.1. The van der Waals surface area contributed by atoms with Crippen LogP contribution in [0.25, 0.3) is 15.2 Å². The molecule has 3 aromatic rings. The summed E-state index contributed by atoms with van der Waals surface area (Å²) in [4.78, 5) is 5.57. The first kappa shape index (κ1) is 10.2. The molecule has 0 aliphatic carbocycles. The zero-order valence-electron chi connectivity index (χ0n) is 8.97. The van der Waals surface area contributed by atoms with Crippen molar-refractivity contribution in [3.8, 4) is 0 Å². The molecule has 0 aliphatic rings. The van der Waals surface area contributed by atoms with Crippen molar-refractivity contribution in [3.05, 3.63) is 35.7 Å². The maximum absolute atomic E-state index is 4.49. The van der Waals surface area contributed by atoms with Crippen molar-refractivity contribution in [3.63, 3.8) is 0 Å². The van der Waals surface area contributed by atoms with Gasteiger partial charge in [0.1, 0.15) is 0 Å². The van der Waals surface area contributed by atoms with E-state index in [1.807, 2.05) is 6.92 Å². The van der Waals surface area contributed by atoms with Gasteiger partial charge in [-0.1, -0.05) is 17.4 Å². The highest BCUT2D eigenvalue weighted by atomic mass is 32.1. The number of aryl methyl sites for hydroxylation is 2. The van der Waals surface area contributed by atoms with E-state index in [4.69, 9.17) is 0 Å². The van der Waals surface area contributed by atoms with Crippen molar-refractivity contribution in [1.29, 1.82) is 0 Å². The summed E-state index contributed by atoms with van der Waals surface area (Å²) in [7, 11) is 0. The Hall–Kier alpha value is -1.00. The minimum absolute atomic E-state index is 0.896. The Kier molecular flexibility index (Phi) is 2.41. The van der Waals surface area contributed by atoms with E-state index >= 15 is 0 Å². The summed E-state index contributed by atoms with van der Waals surface area (Å²) < 4.78 is 3.47. The number of thiol groups is 1. The molecule has 3 rings (SSSR count). The minimum Gasteiger partial charge on any atom is -0.290 e. The largest absolute Gasteiger partial charge is 0.290 e. The van der Waals surface area contributed by atoms with Gasteiger partial charge in [-0.15, -0.1) is 0 Å². The molecular formula is C12H12N2S2. The maximum Gasteiger partial charge on any atom is 0.194 e. The molecule has 0 amide bonds. The molecule has 0 unspecified atom stereocenters. The van der Waals surface area contributed by atoms with E-state index in [0.717, 1.165) is 22.8 Å². The number of imidazole rings is 1. The first-order chi connectivity index (χ1) is 7.78. The van der Waals surface area contributed by atoms with E-state index < -0.39 is 0 Å². The number of nitrogens with zero attached hydrogens (tertiary/aromatic N) is 2. The highest BCUT2D eigenvalue weighted by Crippen LogP contribution is 2.27. The Bertz CT molecular complexity index is 651. The molecular weight excluding hydrogens is 236 g/mol. The van der Waals surface area contributed by atoms with Crippen molar-refractivity contribution < 1.29 is 0 Å². The molecule has 0 saturated carbocycles. The number of hydrogen-bond acceptors (Lipinski definition) is 3. The minimum atomic E-state index is 0.896. The van der Waals surface area contributed by atoms with Gasteiger partial charge in [0.2, 0.25) is 0 Å². The fraction of sp³-hybridized carbons (Fsp3) is 0.250. The zero-order valence-corrected chi connectivity index (χ0v) is 10.7. The summed E-state index contributed by atoms with van der Waals surface area (Å²) in [6.07, 6.45) is 3.12. The van der Waals surface area contributed by atoms with Crippen molar-refractivity contribution in [1.82, 2.24) is 9.38 Å². The lowest BCUT2D eigenvalue weighted by Gasteiger charge is -1.97. The maximum atomic E-state index is 4.49. The highest BCUT2D eigenvalue weighted by molar-refractivity contribution is 7.80. The lowest BCUT2D eigenvalue weighted by molar-refractivity contribution is 1.17. The third-order valence-electron chi connectivity index (χ3n) is 2.68. The molecule has 0 bridgehead atoms. The summed E-state index contributed by atoms with van der Waals surface area (Å²) in [5.74, 6) is 0.896. The van der Waals surface area contributed by atoms with Gasteiger partial charge in [-0.05, 0) is 36.8 Å². The predicted molar refractivity (Wildman–Crippen MR) is 72.9 cm³/mol. The lowest BCUT2D eigenvalue weighted by Crippen LogP contribution is -1.85. The number of aromatic nitrogens is 2. The number of fused-ring (bicyclic) bond motifs is 3. The average Bonchev–Trinajstić information content (AvgIpc) is 2.73. The third kappa shape index (κ3) is 1.53. The average molecular weight is 248 g/mol. The number of thiazole rings is 1. The second-order valence-electron chi connectivity index (χ2n) is 3.91. The highest BCUT2D eigenvalue weighted by Gasteiger charge is 2.07. The van der Waals surface area contributed by atoms with Crippen molar-refractivity contribution in [2.24, 2.45) is 0 Å². The Balaban J connectivity index is 2.25. The first-order valence-electron chi connectivity index (χ1n) is 5.26. The fourth-order valence-corrected chi connectivity index (χ4v) is 3.32. The van der Waals surface area contributed by atoms with Crippen LogP contribution >= 0.6 is 24.0 Å². The van der Waals surface area contributed by atoms with E-state index in [1.165, 1.54) is 15.8 Å². The van der Waals surface area contributed by atoms with E-state index in [9.17, 15) is 0 Å². The predicted octanol–water partition coefficient (Wildman–Crippen LogP) is 3.33. The van der Waals surface area contributed by atoms with Crippen LogP contribution < -0.4 is 0 Å². The quantitative estimate of drug-likeness (QED) is 0.688. The summed E-state index contributed by atoms with van der Waals surface area (Å²) >= 11 is 6.01. The molecule has 82 valence electrons. The van der Waals surface area contributed by atoms with Crippen LogP contribution in [0.15, 0.2) is 24.4 Å². The number of rotatable bonds is 2. The van der Waals surface area contributed by atoms with Gasteiger partial charge in [0.25, 0.3) is 0 Å². The second kappa shape index (κ2) is 3.79. The molecule has 2 aromatic heterocycles. The van der Waals surface area contributed by atoms with Crippen LogP contribution in [-0.2, 0) is 6.42 Å². The van der Waals surface area contributed by atoms with Gasteiger partial charge in [-0.2, -0.15) is 12.6 Å². The summed E-state index contributed by atoms with van der Waals surface area (Å²) in [5, 5.41) is 0. The first-order valence-corrected chi connectivity index (χ1v) is 6.71.